The van der Waals surface area contributed by atoms with Gasteiger partial charge in [0.05, 0.1) is 38.7 Å². The molecule has 1 amide bonds. The van der Waals surface area contributed by atoms with Crippen LogP contribution in [0, 0.1) is 0 Å². The fraction of sp³-hybridized carbons (Fsp3) is 0.250. The molecule has 2 aromatic heterocycles. The molecule has 2 aromatic carbocycles. The van der Waals surface area contributed by atoms with Crippen molar-refractivity contribution in [1.82, 2.24) is 25.3 Å². The van der Waals surface area contributed by atoms with Gasteiger partial charge in [-0.25, -0.2) is 0 Å². The number of carbonyl (C=O) groups is 1. The van der Waals surface area contributed by atoms with Crippen molar-refractivity contribution in [3.63, 3.8) is 0 Å². The van der Waals surface area contributed by atoms with E-state index in [1.165, 1.54) is 0 Å². The second-order valence-electron chi connectivity index (χ2n) is 8.13. The molecule has 0 saturated carbocycles. The van der Waals surface area contributed by atoms with E-state index >= 15 is 0 Å². The zero-order chi connectivity index (χ0) is 27.0. The van der Waals surface area contributed by atoms with Crippen LogP contribution in [0.4, 0.5) is 11.9 Å². The van der Waals surface area contributed by atoms with E-state index in [-0.39, 0.29) is 11.9 Å². The van der Waals surface area contributed by atoms with E-state index in [1.807, 2.05) is 66.7 Å². The molecule has 0 bridgehead atoms. The van der Waals surface area contributed by atoms with Gasteiger partial charge in [0.15, 0.2) is 0 Å². The van der Waals surface area contributed by atoms with E-state index < -0.39 is 0 Å². The van der Waals surface area contributed by atoms with Crippen LogP contribution in [0.3, 0.4) is 0 Å². The minimum atomic E-state index is -0.118. The summed E-state index contributed by atoms with van der Waals surface area (Å²) in [5, 5.41) is 9.12. The molecule has 11 nitrogen and oxygen atoms in total. The summed E-state index contributed by atoms with van der Waals surface area (Å²) >= 11 is 0. The molecular formula is C28H31N7O4. The Labute approximate surface area is 227 Å². The fourth-order valence-corrected chi connectivity index (χ4v) is 3.31. The van der Waals surface area contributed by atoms with Crippen molar-refractivity contribution in [2.24, 2.45) is 0 Å². The highest BCUT2D eigenvalue weighted by molar-refractivity contribution is 5.94. The van der Waals surface area contributed by atoms with Crippen molar-refractivity contribution < 1.29 is 19.0 Å². The maximum atomic E-state index is 12.0. The smallest absolute Gasteiger partial charge is 0.328 e. The molecule has 0 saturated heterocycles. The van der Waals surface area contributed by atoms with Gasteiger partial charge in [0.1, 0.15) is 5.75 Å². The molecule has 0 aliphatic rings. The van der Waals surface area contributed by atoms with Crippen LogP contribution >= 0.6 is 0 Å². The first kappa shape index (κ1) is 27.4. The summed E-state index contributed by atoms with van der Waals surface area (Å²) < 4.78 is 16.9. The SMILES string of the molecule is O=C(NCCOCCOCCNc1nc(NCc2ccccn2)nc(Oc2ccccc2)n1)c1ccccc1. The molecule has 0 unspecified atom stereocenters. The molecule has 0 aliphatic carbocycles. The molecule has 0 spiro atoms. The lowest BCUT2D eigenvalue weighted by atomic mass is 10.2. The molecule has 0 atom stereocenters. The molecule has 11 heteroatoms. The van der Waals surface area contributed by atoms with Crippen LogP contribution in [0.1, 0.15) is 16.1 Å². The van der Waals surface area contributed by atoms with Crippen LogP contribution < -0.4 is 20.7 Å². The highest BCUT2D eigenvalue weighted by Crippen LogP contribution is 2.19. The third-order valence-corrected chi connectivity index (χ3v) is 5.19. The molecule has 0 aliphatic heterocycles. The quantitative estimate of drug-likeness (QED) is 0.185. The van der Waals surface area contributed by atoms with Crippen LogP contribution in [-0.2, 0) is 16.0 Å². The van der Waals surface area contributed by atoms with Crippen LogP contribution in [0.25, 0.3) is 0 Å². The van der Waals surface area contributed by atoms with Crippen molar-refractivity contribution in [3.8, 4) is 11.8 Å². The first-order valence-electron chi connectivity index (χ1n) is 12.6. The number of ether oxygens (including phenoxy) is 3. The number of aromatic nitrogens is 4. The predicted molar refractivity (Wildman–Crippen MR) is 147 cm³/mol. The Morgan fingerprint density at radius 2 is 1.36 bits per heavy atom. The summed E-state index contributed by atoms with van der Waals surface area (Å²) in [6.07, 6.45) is 1.73. The van der Waals surface area contributed by atoms with Gasteiger partial charge in [-0.1, -0.05) is 42.5 Å². The molecule has 2 heterocycles. The van der Waals surface area contributed by atoms with Crippen molar-refractivity contribution in [2.45, 2.75) is 6.54 Å². The van der Waals surface area contributed by atoms with Crippen molar-refractivity contribution in [2.75, 3.05) is 50.2 Å². The van der Waals surface area contributed by atoms with Crippen molar-refractivity contribution in [3.05, 3.63) is 96.3 Å². The molecule has 0 radical (unpaired) electrons. The molecule has 4 aromatic rings. The highest BCUT2D eigenvalue weighted by Gasteiger charge is 2.09. The minimum absolute atomic E-state index is 0.118. The van der Waals surface area contributed by atoms with Crippen molar-refractivity contribution in [1.29, 1.82) is 0 Å². The zero-order valence-electron chi connectivity index (χ0n) is 21.5. The van der Waals surface area contributed by atoms with Gasteiger partial charge < -0.3 is 30.2 Å². The number of nitrogens with one attached hydrogen (secondary N) is 3. The van der Waals surface area contributed by atoms with Gasteiger partial charge in [-0.3, -0.25) is 9.78 Å². The number of nitrogens with zero attached hydrogens (tertiary/aromatic N) is 4. The number of anilines is 2. The van der Waals surface area contributed by atoms with Crippen LogP contribution in [0.15, 0.2) is 85.1 Å². The van der Waals surface area contributed by atoms with Gasteiger partial charge >= 0.3 is 6.01 Å². The largest absolute Gasteiger partial charge is 0.424 e. The summed E-state index contributed by atoms with van der Waals surface area (Å²) in [6, 6.07) is 24.2. The van der Waals surface area contributed by atoms with Gasteiger partial charge in [0, 0.05) is 24.8 Å². The van der Waals surface area contributed by atoms with Crippen LogP contribution in [0.2, 0.25) is 0 Å². The maximum absolute atomic E-state index is 12.0. The molecule has 3 N–H and O–H groups in total. The van der Waals surface area contributed by atoms with Gasteiger partial charge in [-0.2, -0.15) is 15.0 Å². The van der Waals surface area contributed by atoms with Gasteiger partial charge in [-0.05, 0) is 36.4 Å². The summed E-state index contributed by atoms with van der Waals surface area (Å²) in [5.74, 6) is 1.21. The standard InChI is InChI=1S/C28H31N7O4/c36-25(22-9-3-1-4-10-22)30-15-17-37-19-20-38-18-16-31-26-33-27(32-21-23-11-7-8-14-29-23)35-28(34-26)39-24-12-5-2-6-13-24/h1-14H,15-21H2,(H,30,36)(H2,31,32,33,34,35). The average molecular weight is 530 g/mol. The summed E-state index contributed by atoms with van der Waals surface area (Å²) in [5.41, 5.74) is 1.48. The predicted octanol–water partition coefficient (Wildman–Crippen LogP) is 3.55. The topological polar surface area (TPSA) is 132 Å². The molecule has 39 heavy (non-hydrogen) atoms. The van der Waals surface area contributed by atoms with E-state index in [0.29, 0.717) is 69.3 Å². The monoisotopic (exact) mass is 529 g/mol. The Balaban J connectivity index is 1.16. The van der Waals surface area contributed by atoms with Crippen LogP contribution in [-0.4, -0.2) is 65.4 Å². The lowest BCUT2D eigenvalue weighted by molar-refractivity contribution is 0.0519. The number of carbonyl (C=O) groups excluding carboxylic acids is 1. The Kier molecular flexibility index (Phi) is 11.0. The fourth-order valence-electron chi connectivity index (χ4n) is 3.31. The minimum Gasteiger partial charge on any atom is -0.424 e. The second-order valence-corrected chi connectivity index (χ2v) is 8.13. The number of benzene rings is 2. The Morgan fingerprint density at radius 3 is 2.08 bits per heavy atom. The Morgan fingerprint density at radius 1 is 0.692 bits per heavy atom. The summed E-state index contributed by atoms with van der Waals surface area (Å²) in [7, 11) is 0. The van der Waals surface area contributed by atoms with E-state index in [2.05, 4.69) is 35.9 Å². The molecule has 202 valence electrons. The number of para-hydroxylation sites is 1. The van der Waals surface area contributed by atoms with Gasteiger partial charge in [0.2, 0.25) is 11.9 Å². The third-order valence-electron chi connectivity index (χ3n) is 5.19. The van der Waals surface area contributed by atoms with E-state index in [0.717, 1.165) is 5.69 Å². The highest BCUT2D eigenvalue weighted by atomic mass is 16.5. The van der Waals surface area contributed by atoms with E-state index in [4.69, 9.17) is 14.2 Å². The number of hydrogen-bond acceptors (Lipinski definition) is 10. The summed E-state index contributed by atoms with van der Waals surface area (Å²) in [4.78, 5) is 29.4. The van der Waals surface area contributed by atoms with Gasteiger partial charge in [-0.15, -0.1) is 0 Å². The number of rotatable bonds is 16. The Hall–Kier alpha value is -4.61. The van der Waals surface area contributed by atoms with Gasteiger partial charge in [0.25, 0.3) is 5.91 Å². The van der Waals surface area contributed by atoms with Crippen molar-refractivity contribution >= 4 is 17.8 Å². The second kappa shape index (κ2) is 15.6. The first-order chi connectivity index (χ1) is 19.3. The number of pyridine rings is 1. The zero-order valence-corrected chi connectivity index (χ0v) is 21.5. The third kappa shape index (κ3) is 9.99. The average Bonchev–Trinajstić information content (AvgIpc) is 2.98. The van der Waals surface area contributed by atoms with Crippen LogP contribution in [0.5, 0.6) is 11.8 Å². The lowest BCUT2D eigenvalue weighted by Crippen LogP contribution is -2.27. The number of hydrogen-bond donors (Lipinski definition) is 3. The molecular weight excluding hydrogens is 498 g/mol. The number of amides is 1. The van der Waals surface area contributed by atoms with E-state index in [9.17, 15) is 4.79 Å². The maximum Gasteiger partial charge on any atom is 0.328 e. The molecule has 4 rings (SSSR count). The first-order valence-corrected chi connectivity index (χ1v) is 12.6. The lowest BCUT2D eigenvalue weighted by Gasteiger charge is -2.11. The normalized spacial score (nSPS) is 10.6. The Bertz CT molecular complexity index is 1260. The van der Waals surface area contributed by atoms with E-state index in [1.54, 1.807) is 18.3 Å². The molecule has 0 fully saturated rings. The summed E-state index contributed by atoms with van der Waals surface area (Å²) in [6.45, 7) is 3.03.